The number of hydrogen-bond acceptors (Lipinski definition) is 10. The smallest absolute Gasteiger partial charge is 0.226 e. The van der Waals surface area contributed by atoms with E-state index in [1.54, 1.807) is 18.2 Å². The van der Waals surface area contributed by atoms with Crippen molar-refractivity contribution in [2.45, 2.75) is 0 Å². The maximum Gasteiger partial charge on any atom is 0.226 e. The van der Waals surface area contributed by atoms with Crippen molar-refractivity contribution in [3.8, 4) is 5.75 Å². The molecule has 2 rings (SSSR count). The van der Waals surface area contributed by atoms with Crippen molar-refractivity contribution in [2.24, 2.45) is 0 Å². The van der Waals surface area contributed by atoms with E-state index in [0.717, 1.165) is 0 Å². The maximum atomic E-state index is 10.1. The third-order valence-corrected chi connectivity index (χ3v) is 2.08. The summed E-state index contributed by atoms with van der Waals surface area (Å²) in [5.41, 5.74) is 15.4. The normalized spacial score (nSPS) is 10.3. The molecular weight excluding hydrogens is 287 g/mol. The molecule has 0 fully saturated rings. The molecule has 0 unspecified atom stereocenters. The fourth-order valence-corrected chi connectivity index (χ4v) is 1.42. The number of nitrogen functional groups attached to an aromatic ring is 3. The van der Waals surface area contributed by atoms with E-state index in [1.807, 2.05) is 0 Å². The number of benzene rings is 1. The molecule has 0 aliphatic rings. The lowest BCUT2D eigenvalue weighted by molar-refractivity contribution is -0.333. The number of para-hydroxylation sites is 1. The zero-order valence-electron chi connectivity index (χ0n) is 10.0. The number of nitrogens with zero attached hydrogens (tertiary/aromatic N) is 3. The highest BCUT2D eigenvalue weighted by molar-refractivity contribution is 7.43. The van der Waals surface area contributed by atoms with Gasteiger partial charge in [-0.15, -0.1) is 0 Å². The van der Waals surface area contributed by atoms with Crippen LogP contribution in [0.5, 0.6) is 5.75 Å². The van der Waals surface area contributed by atoms with Crippen LogP contribution in [0.2, 0.25) is 0 Å². The maximum absolute atomic E-state index is 10.1. The summed E-state index contributed by atoms with van der Waals surface area (Å²) in [7, 11) is -4.89. The minimum atomic E-state index is -4.89. The first-order valence-electron chi connectivity index (χ1n) is 5.05. The van der Waals surface area contributed by atoms with Gasteiger partial charge in [0.2, 0.25) is 17.8 Å². The Balaban J connectivity index is 0.000000204. The molecule has 20 heavy (non-hydrogen) atoms. The van der Waals surface area contributed by atoms with E-state index in [9.17, 15) is 14.4 Å². The second kappa shape index (κ2) is 6.66. The molecule has 0 bridgehead atoms. The Labute approximate surface area is 113 Å². The van der Waals surface area contributed by atoms with Crippen LogP contribution in [0, 0.1) is 0 Å². The second-order valence-electron chi connectivity index (χ2n) is 3.26. The highest BCUT2D eigenvalue weighted by Crippen LogP contribution is 2.28. The first kappa shape index (κ1) is 15.6. The minimum Gasteiger partial charge on any atom is -0.780 e. The van der Waals surface area contributed by atoms with Gasteiger partial charge in [-0.05, 0) is 12.1 Å². The van der Waals surface area contributed by atoms with Crippen LogP contribution in [0.3, 0.4) is 0 Å². The molecule has 1 aromatic heterocycles. The number of rotatable bonds is 2. The van der Waals surface area contributed by atoms with Gasteiger partial charge in [-0.25, -0.2) is 0 Å². The third kappa shape index (κ3) is 6.50. The van der Waals surface area contributed by atoms with Crippen molar-refractivity contribution < 1.29 is 18.9 Å². The van der Waals surface area contributed by atoms with Crippen LogP contribution in [-0.2, 0) is 4.57 Å². The lowest BCUT2D eigenvalue weighted by atomic mass is 10.3. The molecule has 0 spiro atoms. The Morgan fingerprint density at radius 3 is 1.65 bits per heavy atom. The number of anilines is 3. The molecule has 0 atom stereocenters. The molecule has 0 saturated heterocycles. The van der Waals surface area contributed by atoms with Gasteiger partial charge in [0, 0.05) is 0 Å². The molecule has 2 aromatic rings. The molecule has 0 aliphatic heterocycles. The SMILES string of the molecule is Nc1nc(N)nc(N)n1.O=P([O-])([O-])Oc1ccccc1. The van der Waals surface area contributed by atoms with Crippen LogP contribution < -0.4 is 31.5 Å². The number of phosphoric ester groups is 1. The summed E-state index contributed by atoms with van der Waals surface area (Å²) in [6.45, 7) is 0. The molecule has 10 nitrogen and oxygen atoms in total. The van der Waals surface area contributed by atoms with Crippen LogP contribution in [0.25, 0.3) is 0 Å². The summed E-state index contributed by atoms with van der Waals surface area (Å²) >= 11 is 0. The van der Waals surface area contributed by atoms with Gasteiger partial charge in [0.15, 0.2) is 0 Å². The Kier molecular flexibility index (Phi) is 5.21. The van der Waals surface area contributed by atoms with Crippen LogP contribution >= 0.6 is 7.82 Å². The van der Waals surface area contributed by atoms with Gasteiger partial charge in [-0.3, -0.25) is 0 Å². The molecule has 108 valence electrons. The summed E-state index contributed by atoms with van der Waals surface area (Å²) in [5, 5.41) is 0. The van der Waals surface area contributed by atoms with Gasteiger partial charge in [-0.2, -0.15) is 15.0 Å². The Hall–Kier alpha value is -2.42. The first-order valence-corrected chi connectivity index (χ1v) is 6.51. The van der Waals surface area contributed by atoms with Crippen LogP contribution in [0.15, 0.2) is 30.3 Å². The third-order valence-electron chi connectivity index (χ3n) is 1.65. The van der Waals surface area contributed by atoms with Gasteiger partial charge >= 0.3 is 0 Å². The average Bonchev–Trinajstić information content (AvgIpc) is 2.26. The highest BCUT2D eigenvalue weighted by Gasteiger charge is 1.94. The van der Waals surface area contributed by atoms with Gasteiger partial charge in [0.25, 0.3) is 0 Å². The predicted octanol–water partition coefficient (Wildman–Crippen LogP) is -1.49. The van der Waals surface area contributed by atoms with E-state index in [0.29, 0.717) is 0 Å². The number of hydrogen-bond donors (Lipinski definition) is 3. The molecule has 0 amide bonds. The molecule has 6 N–H and O–H groups in total. The summed E-state index contributed by atoms with van der Waals surface area (Å²) in [5.74, 6) is 0.167. The van der Waals surface area contributed by atoms with E-state index < -0.39 is 7.82 Å². The minimum absolute atomic E-state index is 0.0417. The number of phosphoric acid groups is 1. The van der Waals surface area contributed by atoms with E-state index in [-0.39, 0.29) is 23.6 Å². The fraction of sp³-hybridized carbons (Fsp3) is 0. The lowest BCUT2D eigenvalue weighted by Crippen LogP contribution is -2.18. The van der Waals surface area contributed by atoms with E-state index >= 15 is 0 Å². The van der Waals surface area contributed by atoms with Gasteiger partial charge < -0.3 is 36.1 Å². The Morgan fingerprint density at radius 2 is 1.30 bits per heavy atom. The van der Waals surface area contributed by atoms with E-state index in [1.165, 1.54) is 12.1 Å². The molecular formula is C9H11N6O4P-2. The average molecular weight is 298 g/mol. The van der Waals surface area contributed by atoms with Crippen molar-refractivity contribution in [3.05, 3.63) is 30.3 Å². The van der Waals surface area contributed by atoms with Crippen molar-refractivity contribution >= 4 is 25.7 Å². The van der Waals surface area contributed by atoms with Crippen molar-refractivity contribution in [1.29, 1.82) is 0 Å². The Bertz CT molecular complexity index is 554. The van der Waals surface area contributed by atoms with Crippen molar-refractivity contribution in [1.82, 2.24) is 15.0 Å². The summed E-state index contributed by atoms with van der Waals surface area (Å²) in [4.78, 5) is 30.6. The zero-order chi connectivity index (χ0) is 15.2. The van der Waals surface area contributed by atoms with Crippen LogP contribution in [-0.4, -0.2) is 15.0 Å². The van der Waals surface area contributed by atoms with Crippen LogP contribution in [0.1, 0.15) is 0 Å². The zero-order valence-corrected chi connectivity index (χ0v) is 10.9. The fourth-order valence-electron chi connectivity index (χ4n) is 1.04. The molecule has 0 saturated carbocycles. The summed E-state index contributed by atoms with van der Waals surface area (Å²) in [6, 6.07) is 7.62. The van der Waals surface area contributed by atoms with Gasteiger partial charge in [0.1, 0.15) is 13.6 Å². The van der Waals surface area contributed by atoms with E-state index in [2.05, 4.69) is 19.5 Å². The van der Waals surface area contributed by atoms with Crippen molar-refractivity contribution in [2.75, 3.05) is 17.2 Å². The van der Waals surface area contributed by atoms with Gasteiger partial charge in [0.05, 0.1) is 0 Å². The molecule has 0 radical (unpaired) electrons. The summed E-state index contributed by atoms with van der Waals surface area (Å²) in [6.07, 6.45) is 0. The monoisotopic (exact) mass is 298 g/mol. The highest BCUT2D eigenvalue weighted by atomic mass is 31.2. The molecule has 1 aromatic carbocycles. The number of nitrogens with two attached hydrogens (primary N) is 3. The topological polar surface area (TPSA) is 189 Å². The largest absolute Gasteiger partial charge is 0.780 e. The molecule has 0 aliphatic carbocycles. The first-order chi connectivity index (χ1) is 9.26. The predicted molar refractivity (Wildman–Crippen MR) is 67.7 cm³/mol. The van der Waals surface area contributed by atoms with Gasteiger partial charge in [-0.1, -0.05) is 18.2 Å². The second-order valence-corrected chi connectivity index (χ2v) is 4.34. The lowest BCUT2D eigenvalue weighted by Gasteiger charge is -2.28. The summed E-state index contributed by atoms with van der Waals surface area (Å²) < 4.78 is 14.1. The standard InChI is InChI=1S/C6H7O4P.C3H6N6/c7-11(8,9)10-6-4-2-1-3-5-6;4-1-7-2(5)9-3(6)8-1/h1-5H,(H2,7,8,9);(H6,4,5,6,7,8,9)/p-2. The quantitative estimate of drug-likeness (QED) is 0.550. The number of aromatic nitrogens is 3. The van der Waals surface area contributed by atoms with Crippen LogP contribution in [0.4, 0.5) is 17.8 Å². The Morgan fingerprint density at radius 1 is 0.900 bits per heavy atom. The van der Waals surface area contributed by atoms with E-state index in [4.69, 9.17) is 17.2 Å². The van der Waals surface area contributed by atoms with Crippen molar-refractivity contribution in [3.63, 3.8) is 0 Å². The molecule has 1 heterocycles. The molecule has 11 heteroatoms.